The number of unbranched alkanes of at least 4 members (excludes halogenated alkanes) is 2. The number of benzene rings is 3. The summed E-state index contributed by atoms with van der Waals surface area (Å²) in [7, 11) is 16.4. The number of halogens is 2. The van der Waals surface area contributed by atoms with Crippen LogP contribution in [-0.4, -0.2) is 5.92 Å². The zero-order chi connectivity index (χ0) is 26.2. The standard InChI is InChI=1S/C22H25.C9H7.C2H7Si.2ClH.Zr/c1-3-5-6-8-18-11-13-19(14-12-18)21-10-7-9-20-15-17(4-2)16-22(20)21;1-2-5-9-7-3-6-8(9)4-1;1-3-2;;;/h7,9-16H,3-6,8H2,1-2H3;1-7H;3H,1-2H3;2*1H;/q;;;;;+2/p-2. The van der Waals surface area contributed by atoms with Gasteiger partial charge in [-0.15, -0.1) is 0 Å². The topological polar surface area (TPSA) is 0 Å². The van der Waals surface area contributed by atoms with Gasteiger partial charge in [-0.05, 0) is 0 Å². The van der Waals surface area contributed by atoms with Crippen LogP contribution in [0.5, 0.6) is 0 Å². The average molecular weight is 626 g/mol. The first kappa shape index (κ1) is 27.4. The Labute approximate surface area is 232 Å². The molecule has 3 aromatic rings. The van der Waals surface area contributed by atoms with E-state index in [1.165, 1.54) is 63.8 Å². The van der Waals surface area contributed by atoms with Gasteiger partial charge in [-0.25, -0.2) is 0 Å². The van der Waals surface area contributed by atoms with Crippen LogP contribution in [0, 0.1) is 0 Å². The van der Waals surface area contributed by atoms with E-state index in [0.717, 1.165) is 12.8 Å². The van der Waals surface area contributed by atoms with Crippen LogP contribution in [0.1, 0.15) is 74.6 Å². The molecule has 193 valence electrons. The van der Waals surface area contributed by atoms with E-state index in [0.29, 0.717) is 0 Å². The monoisotopic (exact) mass is 623 g/mol. The van der Waals surface area contributed by atoms with Gasteiger partial charge < -0.3 is 0 Å². The second kappa shape index (κ2) is 10.8. The van der Waals surface area contributed by atoms with Gasteiger partial charge in [-0.3, -0.25) is 0 Å². The van der Waals surface area contributed by atoms with Crippen LogP contribution in [0.4, 0.5) is 0 Å². The van der Waals surface area contributed by atoms with E-state index in [1.807, 2.05) is 0 Å². The Morgan fingerprint density at radius 2 is 1.57 bits per heavy atom. The summed E-state index contributed by atoms with van der Waals surface area (Å²) < 4.78 is 0.343. The molecule has 5 rings (SSSR count). The van der Waals surface area contributed by atoms with Crippen molar-refractivity contribution in [1.29, 1.82) is 0 Å². The van der Waals surface area contributed by atoms with Crippen molar-refractivity contribution >= 4 is 35.1 Å². The molecule has 0 heterocycles. The van der Waals surface area contributed by atoms with E-state index < -0.39 is 21.5 Å². The first-order valence-corrected chi connectivity index (χ1v) is 30.4. The Morgan fingerprint density at radius 3 is 2.27 bits per heavy atom. The maximum absolute atomic E-state index is 8.20. The normalized spacial score (nSPS) is 19.4. The fraction of sp³-hybridized carbons (Fsp3) is 0.333. The van der Waals surface area contributed by atoms with Crippen molar-refractivity contribution in [2.75, 3.05) is 0 Å². The third-order valence-electron chi connectivity index (χ3n) is 8.94. The number of allylic oxidation sites excluding steroid dienone is 2. The predicted octanol–water partition coefficient (Wildman–Crippen LogP) is 10.7. The molecule has 0 nitrogen and oxygen atoms in total. The number of hydrogen-bond donors (Lipinski definition) is 0. The van der Waals surface area contributed by atoms with E-state index >= 15 is 0 Å². The second-order valence-corrected chi connectivity index (χ2v) is 53.9. The van der Waals surface area contributed by atoms with Gasteiger partial charge in [-0.2, -0.15) is 0 Å². The van der Waals surface area contributed by atoms with Crippen LogP contribution in [0.3, 0.4) is 0 Å². The number of fused-ring (bicyclic) bond motifs is 2. The molecule has 0 radical (unpaired) electrons. The minimum atomic E-state index is -4.47. The summed E-state index contributed by atoms with van der Waals surface area (Å²) in [5.41, 5.74) is 10.8. The molecule has 0 bridgehead atoms. The molecule has 2 aliphatic rings. The van der Waals surface area contributed by atoms with Crippen LogP contribution >= 0.6 is 17.0 Å². The van der Waals surface area contributed by atoms with Gasteiger partial charge in [-0.1, -0.05) is 6.92 Å². The number of aryl methyl sites for hydroxylation is 1. The molecule has 0 saturated carbocycles. The molecule has 3 aromatic carbocycles. The van der Waals surface area contributed by atoms with Crippen LogP contribution in [0.2, 0.25) is 13.1 Å². The molecule has 0 spiro atoms. The van der Waals surface area contributed by atoms with E-state index in [-0.39, 0.29) is 7.25 Å². The van der Waals surface area contributed by atoms with Crippen LogP contribution in [0.25, 0.3) is 23.3 Å². The third kappa shape index (κ3) is 4.65. The van der Waals surface area contributed by atoms with Crippen molar-refractivity contribution in [3.05, 3.63) is 106 Å². The summed E-state index contributed by atoms with van der Waals surface area (Å²) in [4.78, 5) is 0. The van der Waals surface area contributed by atoms with Gasteiger partial charge in [0.2, 0.25) is 0 Å². The molecular weight excluding hydrogens is 587 g/mol. The summed E-state index contributed by atoms with van der Waals surface area (Å²) in [6.45, 7) is 9.36. The van der Waals surface area contributed by atoms with Gasteiger partial charge in [0, 0.05) is 0 Å². The van der Waals surface area contributed by atoms with Crippen LogP contribution in [0.15, 0.2) is 78.4 Å². The summed E-state index contributed by atoms with van der Waals surface area (Å²) in [6, 6.07) is 24.8. The number of rotatable bonds is 9. The molecule has 0 amide bonds. The molecule has 2 unspecified atom stereocenters. The fourth-order valence-corrected chi connectivity index (χ4v) is 36.3. The molecule has 0 aromatic heterocycles. The van der Waals surface area contributed by atoms with Gasteiger partial charge in [0.15, 0.2) is 0 Å². The third-order valence-corrected chi connectivity index (χ3v) is 60.9. The summed E-state index contributed by atoms with van der Waals surface area (Å²) in [6.07, 6.45) is 13.0. The van der Waals surface area contributed by atoms with Gasteiger partial charge in [0.05, 0.1) is 0 Å². The molecule has 37 heavy (non-hydrogen) atoms. The summed E-state index contributed by atoms with van der Waals surface area (Å²) >= 11 is -4.47. The van der Waals surface area contributed by atoms with Crippen molar-refractivity contribution < 1.29 is 15.6 Å². The molecule has 0 N–H and O–H groups in total. The van der Waals surface area contributed by atoms with Crippen molar-refractivity contribution in [1.82, 2.24) is 0 Å². The average Bonchev–Trinajstić information content (AvgIpc) is 3.52. The SMILES string of the molecule is CCCCCc1ccc(-c2cccc3c2C=C(CC)[CH]3[Zr]([Cl])([Cl])([CH]2C=Cc3ccccc32)[SiH](C)C)cc1. The molecule has 4 heteroatoms. The zero-order valence-corrected chi connectivity index (χ0v) is 27.7. The first-order chi connectivity index (χ1) is 17.8. The zero-order valence-electron chi connectivity index (χ0n) is 22.6. The molecule has 2 atom stereocenters. The Kier molecular flexibility index (Phi) is 7.97. The second-order valence-electron chi connectivity index (χ2n) is 11.3. The summed E-state index contributed by atoms with van der Waals surface area (Å²) in [5.74, 6) is -1.45. The van der Waals surface area contributed by atoms with Gasteiger partial charge in [0.25, 0.3) is 0 Å². The van der Waals surface area contributed by atoms with Crippen molar-refractivity contribution in [2.24, 2.45) is 0 Å². The van der Waals surface area contributed by atoms with Gasteiger partial charge >= 0.3 is 227 Å². The van der Waals surface area contributed by atoms with Crippen molar-refractivity contribution in [3.63, 3.8) is 0 Å². The van der Waals surface area contributed by atoms with E-state index in [4.69, 9.17) is 17.0 Å². The van der Waals surface area contributed by atoms with E-state index in [1.54, 1.807) is 0 Å². The molecule has 0 saturated heterocycles. The number of hydrogen-bond acceptors (Lipinski definition) is 0. The minimum absolute atomic E-state index is 0.171. The van der Waals surface area contributed by atoms with Crippen LogP contribution < -0.4 is 0 Å². The molecule has 0 fully saturated rings. The predicted molar refractivity (Wildman–Crippen MR) is 165 cm³/mol. The maximum atomic E-state index is 8.20. The first-order valence-electron chi connectivity index (χ1n) is 14.1. The quantitative estimate of drug-likeness (QED) is 0.164. The summed E-state index contributed by atoms with van der Waals surface area (Å²) in [5, 5.41) is 0. The van der Waals surface area contributed by atoms with E-state index in [2.05, 4.69) is 112 Å². The molecule has 2 aliphatic carbocycles. The van der Waals surface area contributed by atoms with Crippen molar-refractivity contribution in [2.45, 2.75) is 66.3 Å². The Balaban J connectivity index is 1.60. The Bertz CT molecular complexity index is 1350. The van der Waals surface area contributed by atoms with Crippen LogP contribution in [-0.2, 0) is 22.0 Å². The Hall–Kier alpha value is -1.18. The Morgan fingerprint density at radius 1 is 0.838 bits per heavy atom. The fourth-order valence-electron chi connectivity index (χ4n) is 6.71. The van der Waals surface area contributed by atoms with Gasteiger partial charge in [0.1, 0.15) is 0 Å². The van der Waals surface area contributed by atoms with E-state index in [9.17, 15) is 0 Å². The molecule has 0 aliphatic heterocycles. The van der Waals surface area contributed by atoms with Crippen molar-refractivity contribution in [3.8, 4) is 11.1 Å². The molecular formula is C33H39Cl2SiZr.